The van der Waals surface area contributed by atoms with E-state index in [9.17, 15) is 0 Å². The minimum Gasteiger partial charge on any atom is -0.487 e. The normalized spacial score (nSPS) is 13.6. The fourth-order valence-electron chi connectivity index (χ4n) is 3.31. The Balaban J connectivity index is 2.22. The number of benzene rings is 2. The van der Waals surface area contributed by atoms with Gasteiger partial charge in [-0.15, -0.1) is 0 Å². The van der Waals surface area contributed by atoms with Crippen molar-refractivity contribution in [3.8, 4) is 11.5 Å². The van der Waals surface area contributed by atoms with Gasteiger partial charge in [-0.1, -0.05) is 52.0 Å². The first-order chi connectivity index (χ1) is 12.9. The molecule has 0 atom stereocenters. The lowest BCUT2D eigenvalue weighted by Gasteiger charge is -2.17. The molecule has 4 nitrogen and oxygen atoms in total. The third-order valence-electron chi connectivity index (χ3n) is 4.86. The highest BCUT2D eigenvalue weighted by atomic mass is 16.5. The van der Waals surface area contributed by atoms with Gasteiger partial charge < -0.3 is 9.47 Å². The summed E-state index contributed by atoms with van der Waals surface area (Å²) in [6.45, 7) is 13.6. The van der Waals surface area contributed by atoms with Crippen LogP contribution in [0.4, 0.5) is 11.4 Å². The Kier molecular flexibility index (Phi) is 5.67. The maximum Gasteiger partial charge on any atom is 0.149 e. The topological polar surface area (TPSA) is 43.2 Å². The van der Waals surface area contributed by atoms with Crippen LogP contribution >= 0.6 is 0 Å². The van der Waals surface area contributed by atoms with Crippen molar-refractivity contribution in [2.75, 3.05) is 13.2 Å². The van der Waals surface area contributed by atoms with Crippen LogP contribution < -0.4 is 9.47 Å². The van der Waals surface area contributed by atoms with Crippen LogP contribution in [0.2, 0.25) is 0 Å². The van der Waals surface area contributed by atoms with E-state index < -0.39 is 0 Å². The molecule has 1 heterocycles. The van der Waals surface area contributed by atoms with E-state index in [-0.39, 0.29) is 0 Å². The molecule has 0 radical (unpaired) electrons. The average molecular weight is 364 g/mol. The lowest BCUT2D eigenvalue weighted by Crippen LogP contribution is -2.11. The van der Waals surface area contributed by atoms with E-state index >= 15 is 0 Å². The van der Waals surface area contributed by atoms with Gasteiger partial charge in [0.25, 0.3) is 0 Å². The number of ether oxygens (including phenoxy) is 2. The number of hydrogen-bond donors (Lipinski definition) is 0. The molecule has 4 heteroatoms. The molecule has 0 amide bonds. The zero-order chi connectivity index (χ0) is 19.6. The predicted molar refractivity (Wildman–Crippen MR) is 111 cm³/mol. The Morgan fingerprint density at radius 1 is 0.741 bits per heavy atom. The molecule has 27 heavy (non-hydrogen) atoms. The number of hydrogen-bond acceptors (Lipinski definition) is 4. The van der Waals surface area contributed by atoms with Crippen molar-refractivity contribution in [2.24, 2.45) is 9.98 Å². The first kappa shape index (κ1) is 19.2. The second-order valence-electron chi connectivity index (χ2n) is 7.63. The first-order valence-electron chi connectivity index (χ1n) is 9.59. The summed E-state index contributed by atoms with van der Waals surface area (Å²) < 4.78 is 12.1. The van der Waals surface area contributed by atoms with Crippen molar-refractivity contribution in [3.05, 3.63) is 46.5 Å². The van der Waals surface area contributed by atoms with Gasteiger partial charge in [0.2, 0.25) is 0 Å². The second-order valence-corrected chi connectivity index (χ2v) is 7.63. The number of fused-ring (bicyclic) bond motifs is 2. The molecular formula is C23H28N2O2. The third-order valence-corrected chi connectivity index (χ3v) is 4.86. The molecule has 2 aromatic carbocycles. The highest BCUT2D eigenvalue weighted by Crippen LogP contribution is 2.41. The molecule has 0 aliphatic carbocycles. The molecule has 1 aliphatic heterocycles. The van der Waals surface area contributed by atoms with E-state index in [0.29, 0.717) is 25.0 Å². The van der Waals surface area contributed by atoms with E-state index in [4.69, 9.17) is 9.47 Å². The van der Waals surface area contributed by atoms with Crippen molar-refractivity contribution in [1.82, 2.24) is 0 Å². The van der Waals surface area contributed by atoms with Crippen LogP contribution in [0.25, 0.3) is 0 Å². The first-order valence-corrected chi connectivity index (χ1v) is 9.59. The zero-order valence-corrected chi connectivity index (χ0v) is 17.1. The molecule has 0 unspecified atom stereocenters. The fraction of sp³-hybridized carbons (Fsp3) is 0.435. The lowest BCUT2D eigenvalue weighted by molar-refractivity contribution is 0.216. The van der Waals surface area contributed by atoms with Crippen LogP contribution in [-0.2, 0) is 0 Å². The Morgan fingerprint density at radius 3 is 1.52 bits per heavy atom. The van der Waals surface area contributed by atoms with Gasteiger partial charge in [-0.25, -0.2) is 0 Å². The Bertz CT molecular complexity index is 836. The van der Waals surface area contributed by atoms with E-state index in [1.54, 1.807) is 0 Å². The summed E-state index contributed by atoms with van der Waals surface area (Å²) in [4.78, 5) is 9.21. The molecule has 0 bridgehead atoms. The van der Waals surface area contributed by atoms with Crippen molar-refractivity contribution in [3.63, 3.8) is 0 Å². The largest absolute Gasteiger partial charge is 0.487 e. The quantitative estimate of drug-likeness (QED) is 0.614. The summed E-state index contributed by atoms with van der Waals surface area (Å²) in [5, 5.41) is 0. The minimum atomic E-state index is 0.329. The average Bonchev–Trinajstić information content (AvgIpc) is 2.65. The van der Waals surface area contributed by atoms with Gasteiger partial charge in [-0.05, 0) is 47.9 Å². The molecule has 0 spiro atoms. The number of rotatable bonds is 2. The van der Waals surface area contributed by atoms with Crippen LogP contribution in [0.15, 0.2) is 34.3 Å². The zero-order valence-electron chi connectivity index (χ0n) is 17.1. The molecule has 1 aliphatic rings. The van der Waals surface area contributed by atoms with Gasteiger partial charge in [0.05, 0.1) is 0 Å². The molecule has 0 N–H and O–H groups in total. The van der Waals surface area contributed by atoms with E-state index in [1.807, 2.05) is 13.8 Å². The molecule has 0 fully saturated rings. The van der Waals surface area contributed by atoms with Crippen LogP contribution in [0, 0.1) is 13.8 Å². The van der Waals surface area contributed by atoms with Gasteiger partial charge in [-0.2, -0.15) is 9.98 Å². The van der Waals surface area contributed by atoms with E-state index in [0.717, 1.165) is 45.1 Å². The van der Waals surface area contributed by atoms with Gasteiger partial charge in [-0.3, -0.25) is 0 Å². The molecule has 0 saturated heterocycles. The standard InChI is InChI=1S/C23H28N2O2/c1-14(2)18-9-7-16(5)22-20(18)24-13-25-21-19(15(3)4)10-8-17(6)23(21)27-12-11-26-22/h7-10,14-15H,11-12H2,1-6H3. The summed E-state index contributed by atoms with van der Waals surface area (Å²) in [5.74, 6) is 2.24. The molecule has 3 rings (SSSR count). The smallest absolute Gasteiger partial charge is 0.149 e. The van der Waals surface area contributed by atoms with Gasteiger partial charge in [0.1, 0.15) is 42.1 Å². The highest BCUT2D eigenvalue weighted by Gasteiger charge is 2.18. The summed E-state index contributed by atoms with van der Waals surface area (Å²) in [7, 11) is 0. The van der Waals surface area contributed by atoms with Gasteiger partial charge in [0.15, 0.2) is 0 Å². The van der Waals surface area contributed by atoms with Crippen LogP contribution in [-0.4, -0.2) is 19.2 Å². The van der Waals surface area contributed by atoms with Crippen LogP contribution in [0.5, 0.6) is 11.5 Å². The highest BCUT2D eigenvalue weighted by molar-refractivity contribution is 5.71. The van der Waals surface area contributed by atoms with Gasteiger partial charge in [0, 0.05) is 0 Å². The fourth-order valence-corrected chi connectivity index (χ4v) is 3.31. The summed E-state index contributed by atoms with van der Waals surface area (Å²) in [5.41, 5.74) is 6.00. The summed E-state index contributed by atoms with van der Waals surface area (Å²) >= 11 is 0. The Labute approximate surface area is 162 Å². The Morgan fingerprint density at radius 2 is 1.15 bits per heavy atom. The molecular weight excluding hydrogens is 336 g/mol. The molecule has 142 valence electrons. The SMILES string of the molecule is Cc1ccc(C(C)C)c2c1OCCOc1c(C)ccc(C(C)C)c1N=C=N2. The number of nitrogens with zero attached hydrogens (tertiary/aromatic N) is 2. The molecule has 2 aromatic rings. The monoisotopic (exact) mass is 364 g/mol. The third kappa shape index (κ3) is 3.91. The maximum atomic E-state index is 6.07. The van der Waals surface area contributed by atoms with Crippen molar-refractivity contribution < 1.29 is 9.47 Å². The van der Waals surface area contributed by atoms with E-state index in [1.165, 1.54) is 0 Å². The molecule has 0 saturated carbocycles. The number of aryl methyl sites for hydroxylation is 2. The van der Waals surface area contributed by atoms with Crippen molar-refractivity contribution >= 4 is 17.4 Å². The minimum absolute atomic E-state index is 0.329. The second kappa shape index (κ2) is 7.98. The molecule has 0 aromatic heterocycles. The summed E-state index contributed by atoms with van der Waals surface area (Å²) in [6, 6.07) is 11.3. The van der Waals surface area contributed by atoms with Crippen molar-refractivity contribution in [2.45, 2.75) is 53.4 Å². The van der Waals surface area contributed by atoms with Crippen LogP contribution in [0.1, 0.15) is 61.8 Å². The van der Waals surface area contributed by atoms with Crippen LogP contribution in [0.3, 0.4) is 0 Å². The lowest BCUT2D eigenvalue weighted by atomic mass is 9.98. The Hall–Kier alpha value is -2.58. The van der Waals surface area contributed by atoms with Gasteiger partial charge >= 0.3 is 0 Å². The predicted octanol–water partition coefficient (Wildman–Crippen LogP) is 6.46. The summed E-state index contributed by atoms with van der Waals surface area (Å²) in [6.07, 6.45) is 0. The maximum absolute atomic E-state index is 6.07. The van der Waals surface area contributed by atoms with E-state index in [2.05, 4.69) is 68.0 Å². The van der Waals surface area contributed by atoms with Crippen molar-refractivity contribution in [1.29, 1.82) is 0 Å². The number of aliphatic imine (C=N–C) groups is 2.